The molecule has 1 saturated heterocycles. The minimum absolute atomic E-state index is 0.125. The Labute approximate surface area is 155 Å². The van der Waals surface area contributed by atoms with Crippen molar-refractivity contribution in [2.75, 3.05) is 32.5 Å². The van der Waals surface area contributed by atoms with Crippen LogP contribution in [0.4, 0.5) is 0 Å². The third-order valence-electron chi connectivity index (χ3n) is 4.35. The zero-order valence-corrected chi connectivity index (χ0v) is 15.1. The van der Waals surface area contributed by atoms with Gasteiger partial charge in [0.2, 0.25) is 0 Å². The largest absolute Gasteiger partial charge is 0.468 e. The first-order valence-electron chi connectivity index (χ1n) is 8.07. The van der Waals surface area contributed by atoms with Crippen molar-refractivity contribution < 1.29 is 23.9 Å². The summed E-state index contributed by atoms with van der Waals surface area (Å²) in [5.41, 5.74) is 0.828. The van der Waals surface area contributed by atoms with Crippen molar-refractivity contribution in [1.82, 2.24) is 9.80 Å². The van der Waals surface area contributed by atoms with E-state index in [0.29, 0.717) is 17.9 Å². The zero-order valence-electron chi connectivity index (χ0n) is 14.3. The first-order valence-corrected chi connectivity index (χ1v) is 9.12. The molecule has 7 nitrogen and oxygen atoms in total. The van der Waals surface area contributed by atoms with Crippen LogP contribution in [0.2, 0.25) is 0 Å². The highest BCUT2D eigenvalue weighted by Crippen LogP contribution is 2.26. The van der Waals surface area contributed by atoms with E-state index in [4.69, 9.17) is 4.74 Å². The van der Waals surface area contributed by atoms with E-state index in [9.17, 15) is 19.2 Å². The molecule has 1 aromatic carbocycles. The van der Waals surface area contributed by atoms with Gasteiger partial charge in [-0.1, -0.05) is 6.08 Å². The Kier molecular flexibility index (Phi) is 5.13. The Morgan fingerprint density at radius 1 is 1.31 bits per heavy atom. The molecule has 1 fully saturated rings. The quantitative estimate of drug-likeness (QED) is 0.447. The van der Waals surface area contributed by atoms with Crippen LogP contribution in [0.3, 0.4) is 0 Å². The second-order valence-corrected chi connectivity index (χ2v) is 7.21. The number of fused-ring (bicyclic) bond motifs is 1. The highest BCUT2D eigenvalue weighted by Gasteiger charge is 2.36. The van der Waals surface area contributed by atoms with Crippen molar-refractivity contribution >= 4 is 35.5 Å². The fourth-order valence-corrected chi connectivity index (χ4v) is 4.14. The maximum Gasteiger partial charge on any atom is 0.320 e. The van der Waals surface area contributed by atoms with Crippen LogP contribution >= 0.6 is 11.8 Å². The maximum absolute atomic E-state index is 12.8. The summed E-state index contributed by atoms with van der Waals surface area (Å²) in [5.74, 6) is -0.821. The number of imide groups is 1. The van der Waals surface area contributed by atoms with Gasteiger partial charge in [-0.05, 0) is 18.2 Å². The summed E-state index contributed by atoms with van der Waals surface area (Å²) >= 11 is 1.46. The topological polar surface area (TPSA) is 84.0 Å². The molecule has 1 atom stereocenters. The van der Waals surface area contributed by atoms with Gasteiger partial charge in [0.05, 0.1) is 18.2 Å². The van der Waals surface area contributed by atoms with Crippen molar-refractivity contribution in [1.29, 1.82) is 0 Å². The molecule has 26 heavy (non-hydrogen) atoms. The number of benzene rings is 1. The Hall–Kier alpha value is -2.61. The van der Waals surface area contributed by atoms with Crippen LogP contribution in [0, 0.1) is 0 Å². The molecule has 3 amide bonds. The number of thioether (sulfide) groups is 1. The van der Waals surface area contributed by atoms with Gasteiger partial charge in [-0.25, -0.2) is 0 Å². The van der Waals surface area contributed by atoms with Crippen LogP contribution in [0.5, 0.6) is 0 Å². The molecular formula is C18H18N2O5S. The second kappa shape index (κ2) is 7.33. The lowest BCUT2D eigenvalue weighted by Gasteiger charge is -2.31. The molecule has 0 unspecified atom stereocenters. The summed E-state index contributed by atoms with van der Waals surface area (Å²) in [4.78, 5) is 51.8. The smallest absolute Gasteiger partial charge is 0.320 e. The van der Waals surface area contributed by atoms with E-state index in [2.05, 4.69) is 6.58 Å². The molecule has 0 N–H and O–H groups in total. The van der Waals surface area contributed by atoms with Gasteiger partial charge < -0.3 is 9.64 Å². The molecule has 0 spiro atoms. The number of rotatable bonds is 4. The number of nitrogens with zero attached hydrogens (tertiary/aromatic N) is 2. The first kappa shape index (κ1) is 18.2. The molecule has 3 rings (SSSR count). The molecule has 2 heterocycles. The summed E-state index contributed by atoms with van der Waals surface area (Å²) in [6.45, 7) is 4.43. The van der Waals surface area contributed by atoms with Crippen LogP contribution in [0.1, 0.15) is 31.1 Å². The Morgan fingerprint density at radius 2 is 2.04 bits per heavy atom. The Balaban J connectivity index is 1.82. The Morgan fingerprint density at radius 3 is 2.73 bits per heavy atom. The van der Waals surface area contributed by atoms with Crippen molar-refractivity contribution in [3.8, 4) is 0 Å². The summed E-state index contributed by atoms with van der Waals surface area (Å²) in [5, 5.41) is -0.418. The zero-order chi connectivity index (χ0) is 18.8. The van der Waals surface area contributed by atoms with E-state index in [-0.39, 0.29) is 42.0 Å². The number of amides is 3. The fraction of sp³-hybridized carbons (Fsp3) is 0.333. The van der Waals surface area contributed by atoms with Gasteiger partial charge in [-0.2, -0.15) is 0 Å². The second-order valence-electron chi connectivity index (χ2n) is 5.90. The molecule has 8 heteroatoms. The predicted octanol–water partition coefficient (Wildman–Crippen LogP) is 1.20. The van der Waals surface area contributed by atoms with E-state index in [1.54, 1.807) is 11.0 Å². The maximum atomic E-state index is 12.8. The Bertz CT molecular complexity index is 807. The van der Waals surface area contributed by atoms with Crippen LogP contribution in [-0.4, -0.2) is 71.2 Å². The number of ether oxygens (including phenoxy) is 1. The van der Waals surface area contributed by atoms with Crippen molar-refractivity contribution in [3.63, 3.8) is 0 Å². The third-order valence-corrected chi connectivity index (χ3v) is 5.51. The average Bonchev–Trinajstić information content (AvgIpc) is 2.91. The van der Waals surface area contributed by atoms with Crippen LogP contribution in [0.15, 0.2) is 30.9 Å². The van der Waals surface area contributed by atoms with Crippen LogP contribution < -0.4 is 0 Å². The number of hydrogen-bond donors (Lipinski definition) is 0. The molecule has 0 saturated carbocycles. The first-order chi connectivity index (χ1) is 12.5. The molecule has 0 radical (unpaired) electrons. The number of carbonyl (C=O) groups is 4. The molecule has 2 aliphatic heterocycles. The lowest BCUT2D eigenvalue weighted by Crippen LogP contribution is -2.45. The molecule has 0 aliphatic carbocycles. The molecule has 0 aromatic heterocycles. The van der Waals surface area contributed by atoms with Crippen LogP contribution in [-0.2, 0) is 9.53 Å². The van der Waals surface area contributed by atoms with Gasteiger partial charge >= 0.3 is 5.97 Å². The molecule has 136 valence electrons. The highest BCUT2D eigenvalue weighted by molar-refractivity contribution is 8.00. The standard InChI is InChI=1S/C18H18N2O5S/c1-3-6-20-16(22)12-5-4-11(9-13(12)17(20)23)15(21)19-7-8-26-14(10-19)18(24)25-2/h3-5,9,14H,1,6-8,10H2,2H3/t14-/m0/s1. The summed E-state index contributed by atoms with van der Waals surface area (Å²) in [6, 6.07) is 4.50. The minimum Gasteiger partial charge on any atom is -0.468 e. The number of carbonyl (C=O) groups excluding carboxylic acids is 4. The fourth-order valence-electron chi connectivity index (χ4n) is 3.01. The van der Waals surface area contributed by atoms with E-state index in [0.717, 1.165) is 4.90 Å². The number of esters is 1. The van der Waals surface area contributed by atoms with Crippen molar-refractivity contribution in [3.05, 3.63) is 47.5 Å². The predicted molar refractivity (Wildman–Crippen MR) is 96.2 cm³/mol. The van der Waals surface area contributed by atoms with Gasteiger partial charge in [-0.3, -0.25) is 24.1 Å². The minimum atomic E-state index is -0.429. The van der Waals surface area contributed by atoms with Gasteiger partial charge in [0.1, 0.15) is 5.25 Å². The monoisotopic (exact) mass is 374 g/mol. The van der Waals surface area contributed by atoms with E-state index >= 15 is 0 Å². The van der Waals surface area contributed by atoms with E-state index < -0.39 is 11.2 Å². The lowest BCUT2D eigenvalue weighted by atomic mass is 10.0. The van der Waals surface area contributed by atoms with Gasteiger partial charge in [-0.15, -0.1) is 18.3 Å². The van der Waals surface area contributed by atoms with Crippen LogP contribution in [0.25, 0.3) is 0 Å². The molecule has 1 aromatic rings. The average molecular weight is 374 g/mol. The van der Waals surface area contributed by atoms with E-state index in [1.807, 2.05) is 0 Å². The normalized spacial score (nSPS) is 19.3. The summed E-state index contributed by atoms with van der Waals surface area (Å²) in [7, 11) is 1.32. The van der Waals surface area contributed by atoms with Crippen molar-refractivity contribution in [2.24, 2.45) is 0 Å². The van der Waals surface area contributed by atoms with E-state index in [1.165, 1.54) is 37.1 Å². The summed E-state index contributed by atoms with van der Waals surface area (Å²) < 4.78 is 4.75. The molecule has 2 aliphatic rings. The lowest BCUT2D eigenvalue weighted by molar-refractivity contribution is -0.140. The van der Waals surface area contributed by atoms with Crippen molar-refractivity contribution in [2.45, 2.75) is 5.25 Å². The molecule has 0 bridgehead atoms. The molecular weight excluding hydrogens is 356 g/mol. The third kappa shape index (κ3) is 3.12. The van der Waals surface area contributed by atoms with Gasteiger partial charge in [0.15, 0.2) is 0 Å². The SMILES string of the molecule is C=CCN1C(=O)c2ccc(C(=O)N3CCS[C@H](C(=O)OC)C3)cc2C1=O. The highest BCUT2D eigenvalue weighted by atomic mass is 32.2. The van der Waals surface area contributed by atoms with Gasteiger partial charge in [0, 0.05) is 31.0 Å². The van der Waals surface area contributed by atoms with Gasteiger partial charge in [0.25, 0.3) is 17.7 Å². The number of hydrogen-bond acceptors (Lipinski definition) is 6. The summed E-state index contributed by atoms with van der Waals surface area (Å²) in [6.07, 6.45) is 1.48. The number of methoxy groups -OCH3 is 1.